The first-order chi connectivity index (χ1) is 8.29. The van der Waals surface area contributed by atoms with Gasteiger partial charge in [-0.25, -0.2) is 0 Å². The second-order valence-corrected chi connectivity index (χ2v) is 5.70. The van der Waals surface area contributed by atoms with E-state index in [1.54, 1.807) is 0 Å². The van der Waals surface area contributed by atoms with Crippen LogP contribution in [0.5, 0.6) is 0 Å². The molecule has 2 aliphatic rings. The van der Waals surface area contributed by atoms with E-state index in [4.69, 9.17) is 4.74 Å². The summed E-state index contributed by atoms with van der Waals surface area (Å²) < 4.78 is 5.94. The summed E-state index contributed by atoms with van der Waals surface area (Å²) >= 11 is 0. The fourth-order valence-corrected chi connectivity index (χ4v) is 2.95. The Kier molecular flexibility index (Phi) is 5.26. The monoisotopic (exact) mass is 240 g/mol. The molecule has 0 amide bonds. The molecule has 0 aromatic carbocycles. The van der Waals surface area contributed by atoms with E-state index in [0.717, 1.165) is 25.7 Å². The van der Waals surface area contributed by atoms with Gasteiger partial charge in [0.25, 0.3) is 0 Å². The molecule has 0 aromatic rings. The lowest BCUT2D eigenvalue weighted by molar-refractivity contribution is -0.0477. The number of hydrogen-bond donors (Lipinski definition) is 1. The second kappa shape index (κ2) is 6.72. The summed E-state index contributed by atoms with van der Waals surface area (Å²) in [5, 5.41) is 3.62. The van der Waals surface area contributed by atoms with E-state index in [9.17, 15) is 0 Å². The minimum Gasteiger partial charge on any atom is -0.374 e. The first kappa shape index (κ1) is 13.3. The molecule has 2 saturated heterocycles. The molecular weight excluding hydrogens is 212 g/mol. The van der Waals surface area contributed by atoms with Crippen LogP contribution < -0.4 is 5.32 Å². The molecule has 2 rings (SSSR count). The van der Waals surface area contributed by atoms with Gasteiger partial charge >= 0.3 is 0 Å². The van der Waals surface area contributed by atoms with Crippen molar-refractivity contribution in [2.75, 3.05) is 26.2 Å². The Bertz CT molecular complexity index is 222. The van der Waals surface area contributed by atoms with Gasteiger partial charge in [0, 0.05) is 25.2 Å². The van der Waals surface area contributed by atoms with Gasteiger partial charge in [-0.1, -0.05) is 19.8 Å². The molecule has 0 spiro atoms. The first-order valence-electron chi connectivity index (χ1n) is 7.38. The SMILES string of the molecule is CCCCC(C)NCC1CN2CCCC2CO1. The molecule has 2 heterocycles. The van der Waals surface area contributed by atoms with Crippen molar-refractivity contribution in [1.29, 1.82) is 0 Å². The summed E-state index contributed by atoms with van der Waals surface area (Å²) in [5.41, 5.74) is 0. The Morgan fingerprint density at radius 1 is 1.47 bits per heavy atom. The summed E-state index contributed by atoms with van der Waals surface area (Å²) in [6, 6.07) is 1.36. The van der Waals surface area contributed by atoms with Gasteiger partial charge in [0.1, 0.15) is 0 Å². The Morgan fingerprint density at radius 2 is 2.35 bits per heavy atom. The zero-order valence-electron chi connectivity index (χ0n) is 11.5. The topological polar surface area (TPSA) is 24.5 Å². The number of morpholine rings is 1. The normalized spacial score (nSPS) is 31.4. The molecule has 3 atom stereocenters. The van der Waals surface area contributed by atoms with E-state index in [0.29, 0.717) is 12.1 Å². The van der Waals surface area contributed by atoms with E-state index < -0.39 is 0 Å². The van der Waals surface area contributed by atoms with E-state index in [-0.39, 0.29) is 0 Å². The van der Waals surface area contributed by atoms with E-state index in [1.165, 1.54) is 38.6 Å². The van der Waals surface area contributed by atoms with Crippen LogP contribution in [-0.4, -0.2) is 49.3 Å². The molecule has 3 heteroatoms. The third-order valence-electron chi connectivity index (χ3n) is 4.15. The highest BCUT2D eigenvalue weighted by molar-refractivity contribution is 4.86. The quantitative estimate of drug-likeness (QED) is 0.769. The molecule has 0 saturated carbocycles. The van der Waals surface area contributed by atoms with E-state index in [2.05, 4.69) is 24.1 Å². The van der Waals surface area contributed by atoms with Gasteiger partial charge < -0.3 is 10.1 Å². The van der Waals surface area contributed by atoms with Crippen LogP contribution in [0.25, 0.3) is 0 Å². The highest BCUT2D eigenvalue weighted by Crippen LogP contribution is 2.22. The highest BCUT2D eigenvalue weighted by Gasteiger charge is 2.31. The maximum absolute atomic E-state index is 5.94. The molecule has 17 heavy (non-hydrogen) atoms. The van der Waals surface area contributed by atoms with Crippen molar-refractivity contribution < 1.29 is 4.74 Å². The van der Waals surface area contributed by atoms with E-state index in [1.807, 2.05) is 0 Å². The van der Waals surface area contributed by atoms with Gasteiger partial charge in [0.15, 0.2) is 0 Å². The largest absolute Gasteiger partial charge is 0.374 e. The minimum atomic E-state index is 0.411. The molecule has 1 N–H and O–H groups in total. The molecule has 2 fully saturated rings. The molecule has 0 aromatic heterocycles. The van der Waals surface area contributed by atoms with Crippen LogP contribution >= 0.6 is 0 Å². The summed E-state index contributed by atoms with van der Waals surface area (Å²) in [6.07, 6.45) is 7.02. The molecule has 2 aliphatic heterocycles. The molecule has 0 aliphatic carbocycles. The summed E-state index contributed by atoms with van der Waals surface area (Å²) in [6.45, 7) is 8.94. The molecule has 3 nitrogen and oxygen atoms in total. The van der Waals surface area contributed by atoms with Gasteiger partial charge in [-0.2, -0.15) is 0 Å². The summed E-state index contributed by atoms with van der Waals surface area (Å²) in [7, 11) is 0. The van der Waals surface area contributed by atoms with Crippen LogP contribution in [0, 0.1) is 0 Å². The average Bonchev–Trinajstić information content (AvgIpc) is 2.81. The summed E-state index contributed by atoms with van der Waals surface area (Å²) in [4.78, 5) is 2.62. The van der Waals surface area contributed by atoms with Crippen molar-refractivity contribution in [2.45, 2.75) is 64.1 Å². The lowest BCUT2D eigenvalue weighted by Gasteiger charge is -2.35. The Hall–Kier alpha value is -0.120. The number of unbranched alkanes of at least 4 members (excludes halogenated alkanes) is 1. The van der Waals surface area contributed by atoms with Gasteiger partial charge in [-0.15, -0.1) is 0 Å². The Labute approximate surface area is 106 Å². The smallest absolute Gasteiger partial charge is 0.0827 e. The van der Waals surface area contributed by atoms with Crippen LogP contribution in [0.1, 0.15) is 46.0 Å². The number of ether oxygens (including phenoxy) is 1. The highest BCUT2D eigenvalue weighted by atomic mass is 16.5. The third kappa shape index (κ3) is 3.94. The Morgan fingerprint density at radius 3 is 3.18 bits per heavy atom. The van der Waals surface area contributed by atoms with Gasteiger partial charge in [-0.05, 0) is 32.7 Å². The summed E-state index contributed by atoms with van der Waals surface area (Å²) in [5.74, 6) is 0. The lowest BCUT2D eigenvalue weighted by atomic mass is 10.1. The van der Waals surface area contributed by atoms with Crippen molar-refractivity contribution in [1.82, 2.24) is 10.2 Å². The van der Waals surface area contributed by atoms with Crippen LogP contribution in [0.3, 0.4) is 0 Å². The van der Waals surface area contributed by atoms with Crippen LogP contribution in [0.15, 0.2) is 0 Å². The zero-order chi connectivity index (χ0) is 12.1. The second-order valence-electron chi connectivity index (χ2n) is 5.70. The average molecular weight is 240 g/mol. The van der Waals surface area contributed by atoms with Crippen LogP contribution in [-0.2, 0) is 4.74 Å². The van der Waals surface area contributed by atoms with Crippen molar-refractivity contribution in [3.8, 4) is 0 Å². The van der Waals surface area contributed by atoms with Crippen LogP contribution in [0.4, 0.5) is 0 Å². The third-order valence-corrected chi connectivity index (χ3v) is 4.15. The van der Waals surface area contributed by atoms with Gasteiger partial charge in [-0.3, -0.25) is 4.90 Å². The van der Waals surface area contributed by atoms with Crippen molar-refractivity contribution in [2.24, 2.45) is 0 Å². The number of hydrogen-bond acceptors (Lipinski definition) is 3. The standard InChI is InChI=1S/C14H28N2O/c1-3-4-6-12(2)15-9-14-10-16-8-5-7-13(16)11-17-14/h12-15H,3-11H2,1-2H3. The lowest BCUT2D eigenvalue weighted by Crippen LogP contribution is -2.50. The number of nitrogens with one attached hydrogen (secondary N) is 1. The maximum Gasteiger partial charge on any atom is 0.0827 e. The molecule has 100 valence electrons. The number of fused-ring (bicyclic) bond motifs is 1. The predicted molar refractivity (Wildman–Crippen MR) is 71.3 cm³/mol. The Balaban J connectivity index is 1.63. The van der Waals surface area contributed by atoms with Crippen molar-refractivity contribution >= 4 is 0 Å². The molecule has 3 unspecified atom stereocenters. The van der Waals surface area contributed by atoms with Gasteiger partial charge in [0.2, 0.25) is 0 Å². The zero-order valence-corrected chi connectivity index (χ0v) is 11.5. The first-order valence-corrected chi connectivity index (χ1v) is 7.38. The van der Waals surface area contributed by atoms with Gasteiger partial charge in [0.05, 0.1) is 12.7 Å². The van der Waals surface area contributed by atoms with Crippen LogP contribution in [0.2, 0.25) is 0 Å². The predicted octanol–water partition coefficient (Wildman–Crippen LogP) is 2.02. The fraction of sp³-hybridized carbons (Fsp3) is 1.00. The van der Waals surface area contributed by atoms with Crippen molar-refractivity contribution in [3.63, 3.8) is 0 Å². The number of nitrogens with zero attached hydrogens (tertiary/aromatic N) is 1. The number of rotatable bonds is 6. The van der Waals surface area contributed by atoms with E-state index >= 15 is 0 Å². The fourth-order valence-electron chi connectivity index (χ4n) is 2.95. The van der Waals surface area contributed by atoms with Crippen molar-refractivity contribution in [3.05, 3.63) is 0 Å². The molecule has 0 bridgehead atoms. The maximum atomic E-state index is 5.94. The minimum absolute atomic E-state index is 0.411. The molecule has 0 radical (unpaired) electrons. The molecular formula is C14H28N2O.